The number of hydrogen-bond donors (Lipinski definition) is 1. The molecule has 0 saturated carbocycles. The molecule has 0 atom stereocenters. The second-order valence-corrected chi connectivity index (χ2v) is 9.51. The second kappa shape index (κ2) is 12.5. The fourth-order valence-electron chi connectivity index (χ4n) is 4.79. The van der Waals surface area contributed by atoms with E-state index in [4.69, 9.17) is 4.74 Å². The number of ether oxygens (including phenoxy) is 1. The first-order valence-electron chi connectivity index (χ1n) is 13.5. The Labute approximate surface area is 240 Å². The van der Waals surface area contributed by atoms with E-state index in [0.29, 0.717) is 47.7 Å². The molecule has 0 radical (unpaired) electrons. The maximum absolute atomic E-state index is 13.8. The second-order valence-electron chi connectivity index (χ2n) is 9.51. The van der Waals surface area contributed by atoms with E-state index < -0.39 is 23.5 Å². The molecule has 5 rings (SSSR count). The number of carbonyl (C=O) groups is 2. The Balaban J connectivity index is 0.00000198. The highest BCUT2D eigenvalue weighted by Gasteiger charge is 2.32. The fraction of sp³-hybridized carbons (Fsp3) is 0.250. The standard InChI is InChI=1S/C30H24F4N2O4.C2H6/c1-18-4-10-26(36(18)24-14-20(29(38)39)13-23(16-24)35-12-2-3-28(35)37)25-15-21(30(32,33)34)7-11-27(25)40-17-19-5-8-22(31)9-6-19;1-2/h4-11,13-16H,2-3,12,17H2,1H3,(H,38,39);1-2H3. The number of benzene rings is 3. The summed E-state index contributed by atoms with van der Waals surface area (Å²) in [5, 5.41) is 9.78. The van der Waals surface area contributed by atoms with Crippen molar-refractivity contribution in [2.45, 2.75) is 46.4 Å². The van der Waals surface area contributed by atoms with E-state index in [2.05, 4.69) is 0 Å². The number of hydrogen-bond acceptors (Lipinski definition) is 3. The van der Waals surface area contributed by atoms with E-state index in [0.717, 1.165) is 12.1 Å². The summed E-state index contributed by atoms with van der Waals surface area (Å²) < 4.78 is 62.1. The van der Waals surface area contributed by atoms with Crippen LogP contribution in [0.4, 0.5) is 23.2 Å². The van der Waals surface area contributed by atoms with Crippen molar-refractivity contribution in [1.29, 1.82) is 0 Å². The number of nitrogens with zero attached hydrogens (tertiary/aromatic N) is 2. The molecule has 10 heteroatoms. The Morgan fingerprint density at radius 1 is 0.952 bits per heavy atom. The lowest BCUT2D eigenvalue weighted by Gasteiger charge is -2.21. The van der Waals surface area contributed by atoms with Crippen LogP contribution in [0.25, 0.3) is 16.9 Å². The molecule has 2 heterocycles. The molecule has 1 aliphatic rings. The van der Waals surface area contributed by atoms with Crippen LogP contribution in [0.5, 0.6) is 5.75 Å². The number of carboxylic acids is 1. The molecule has 42 heavy (non-hydrogen) atoms. The largest absolute Gasteiger partial charge is 0.488 e. The summed E-state index contributed by atoms with van der Waals surface area (Å²) in [6.07, 6.45) is -3.64. The van der Waals surface area contributed by atoms with Gasteiger partial charge in [0, 0.05) is 35.6 Å². The lowest BCUT2D eigenvalue weighted by molar-refractivity contribution is -0.137. The summed E-state index contributed by atoms with van der Waals surface area (Å²) in [5.41, 5.74) is 1.52. The predicted molar refractivity (Wildman–Crippen MR) is 152 cm³/mol. The Kier molecular flexibility index (Phi) is 9.04. The van der Waals surface area contributed by atoms with Gasteiger partial charge in [-0.2, -0.15) is 13.2 Å². The summed E-state index contributed by atoms with van der Waals surface area (Å²) in [6, 6.07) is 16.5. The SMILES string of the molecule is CC.Cc1ccc(-c2cc(C(F)(F)F)ccc2OCc2ccc(F)cc2)n1-c1cc(C(=O)O)cc(N2CCCC2=O)c1. The highest BCUT2D eigenvalue weighted by atomic mass is 19.4. The zero-order chi connectivity index (χ0) is 30.6. The number of anilines is 1. The van der Waals surface area contributed by atoms with E-state index >= 15 is 0 Å². The fourth-order valence-corrected chi connectivity index (χ4v) is 4.79. The molecule has 220 valence electrons. The molecule has 1 aromatic heterocycles. The lowest BCUT2D eigenvalue weighted by Crippen LogP contribution is -2.24. The van der Waals surface area contributed by atoms with Crippen molar-refractivity contribution in [2.75, 3.05) is 11.4 Å². The molecule has 1 N–H and O–H groups in total. The molecule has 0 unspecified atom stereocenters. The average molecular weight is 583 g/mol. The number of aromatic carboxylic acids is 1. The normalized spacial score (nSPS) is 13.1. The molecule has 1 saturated heterocycles. The smallest absolute Gasteiger partial charge is 0.416 e. The van der Waals surface area contributed by atoms with Crippen LogP contribution in [-0.2, 0) is 17.6 Å². The zero-order valence-electron chi connectivity index (χ0n) is 23.3. The van der Waals surface area contributed by atoms with Crippen LogP contribution < -0.4 is 9.64 Å². The third-order valence-electron chi connectivity index (χ3n) is 6.76. The first-order valence-corrected chi connectivity index (χ1v) is 13.5. The van der Waals surface area contributed by atoms with Crippen molar-refractivity contribution in [3.63, 3.8) is 0 Å². The molecule has 0 bridgehead atoms. The minimum atomic E-state index is -4.62. The van der Waals surface area contributed by atoms with Crippen LogP contribution in [0.3, 0.4) is 0 Å². The topological polar surface area (TPSA) is 71.8 Å². The summed E-state index contributed by atoms with van der Waals surface area (Å²) in [6.45, 7) is 6.16. The monoisotopic (exact) mass is 582 g/mol. The van der Waals surface area contributed by atoms with Gasteiger partial charge in [-0.05, 0) is 79.6 Å². The molecule has 1 aliphatic heterocycles. The van der Waals surface area contributed by atoms with Gasteiger partial charge in [-0.3, -0.25) is 4.79 Å². The van der Waals surface area contributed by atoms with Gasteiger partial charge in [0.15, 0.2) is 0 Å². The maximum Gasteiger partial charge on any atom is 0.416 e. The first-order chi connectivity index (χ1) is 20.0. The summed E-state index contributed by atoms with van der Waals surface area (Å²) >= 11 is 0. The summed E-state index contributed by atoms with van der Waals surface area (Å²) in [7, 11) is 0. The minimum absolute atomic E-state index is 0.0198. The number of carbonyl (C=O) groups excluding carboxylic acids is 1. The number of alkyl halides is 3. The van der Waals surface area contributed by atoms with Crippen LogP contribution in [0.2, 0.25) is 0 Å². The molecule has 6 nitrogen and oxygen atoms in total. The van der Waals surface area contributed by atoms with Gasteiger partial charge in [-0.1, -0.05) is 26.0 Å². The number of aryl methyl sites for hydroxylation is 1. The molecule has 1 fully saturated rings. The third-order valence-corrected chi connectivity index (χ3v) is 6.76. The van der Waals surface area contributed by atoms with Crippen LogP contribution in [0, 0.1) is 12.7 Å². The van der Waals surface area contributed by atoms with Gasteiger partial charge in [0.25, 0.3) is 0 Å². The van der Waals surface area contributed by atoms with Gasteiger partial charge in [-0.25, -0.2) is 9.18 Å². The number of amides is 1. The Morgan fingerprint density at radius 2 is 1.64 bits per heavy atom. The highest BCUT2D eigenvalue weighted by Crippen LogP contribution is 2.40. The molecule has 0 spiro atoms. The van der Waals surface area contributed by atoms with Crippen molar-refractivity contribution in [3.05, 3.63) is 101 Å². The molecule has 0 aliphatic carbocycles. The van der Waals surface area contributed by atoms with E-state index in [1.165, 1.54) is 47.4 Å². The van der Waals surface area contributed by atoms with E-state index in [9.17, 15) is 32.3 Å². The van der Waals surface area contributed by atoms with Crippen molar-refractivity contribution >= 4 is 17.6 Å². The number of carboxylic acid groups (broad SMARTS) is 1. The first kappa shape index (κ1) is 30.4. The van der Waals surface area contributed by atoms with Crippen molar-refractivity contribution in [2.24, 2.45) is 0 Å². The molecular weight excluding hydrogens is 552 g/mol. The quantitative estimate of drug-likeness (QED) is 0.224. The van der Waals surface area contributed by atoms with E-state index in [1.807, 2.05) is 13.8 Å². The molecular formula is C32H30F4N2O4. The Hall–Kier alpha value is -4.60. The average Bonchev–Trinajstić information content (AvgIpc) is 3.58. The zero-order valence-corrected chi connectivity index (χ0v) is 23.3. The van der Waals surface area contributed by atoms with Crippen LogP contribution in [0.15, 0.2) is 72.8 Å². The number of rotatable bonds is 7. The van der Waals surface area contributed by atoms with Crippen LogP contribution in [-0.4, -0.2) is 28.1 Å². The van der Waals surface area contributed by atoms with Gasteiger partial charge >= 0.3 is 12.1 Å². The molecule has 1 amide bonds. The van der Waals surface area contributed by atoms with Crippen molar-refractivity contribution in [3.8, 4) is 22.7 Å². The van der Waals surface area contributed by atoms with Crippen molar-refractivity contribution in [1.82, 2.24) is 4.57 Å². The number of aromatic nitrogens is 1. The third kappa shape index (κ3) is 6.48. The Morgan fingerprint density at radius 3 is 2.26 bits per heavy atom. The van der Waals surface area contributed by atoms with Gasteiger partial charge in [0.05, 0.1) is 16.8 Å². The van der Waals surface area contributed by atoms with Crippen LogP contribution >= 0.6 is 0 Å². The molecule has 3 aromatic carbocycles. The highest BCUT2D eigenvalue weighted by molar-refractivity contribution is 5.98. The molecule has 4 aromatic rings. The van der Waals surface area contributed by atoms with Gasteiger partial charge < -0.3 is 19.3 Å². The summed E-state index contributed by atoms with van der Waals surface area (Å²) in [4.78, 5) is 25.9. The predicted octanol–water partition coefficient (Wildman–Crippen LogP) is 8.04. The minimum Gasteiger partial charge on any atom is -0.488 e. The maximum atomic E-state index is 13.8. The van der Waals surface area contributed by atoms with Crippen LogP contribution in [0.1, 0.15) is 53.9 Å². The Bertz CT molecular complexity index is 1590. The van der Waals surface area contributed by atoms with Gasteiger partial charge in [-0.15, -0.1) is 0 Å². The van der Waals surface area contributed by atoms with Gasteiger partial charge in [0.2, 0.25) is 5.91 Å². The lowest BCUT2D eigenvalue weighted by atomic mass is 10.1. The van der Waals surface area contributed by atoms with Crippen molar-refractivity contribution < 1.29 is 37.0 Å². The van der Waals surface area contributed by atoms with E-state index in [-0.39, 0.29) is 29.4 Å². The number of halogens is 4. The van der Waals surface area contributed by atoms with E-state index in [1.54, 1.807) is 29.7 Å². The van der Waals surface area contributed by atoms with Gasteiger partial charge in [0.1, 0.15) is 18.2 Å². The summed E-state index contributed by atoms with van der Waals surface area (Å²) in [5.74, 6) is -1.61.